The molecule has 0 aliphatic heterocycles. The summed E-state index contributed by atoms with van der Waals surface area (Å²) in [6.45, 7) is 2.50. The summed E-state index contributed by atoms with van der Waals surface area (Å²) in [6, 6.07) is 0. The van der Waals surface area contributed by atoms with Crippen molar-refractivity contribution in [1.29, 1.82) is 0 Å². The van der Waals surface area contributed by atoms with Gasteiger partial charge in [0, 0.05) is 20.0 Å². The molecule has 0 bridgehead atoms. The van der Waals surface area contributed by atoms with Crippen LogP contribution in [-0.2, 0) is 14.3 Å². The summed E-state index contributed by atoms with van der Waals surface area (Å²) in [4.78, 5) is 11.7. The summed E-state index contributed by atoms with van der Waals surface area (Å²) in [7, 11) is 1.65. The molecule has 1 fully saturated rings. The Kier molecular flexibility index (Phi) is 9.05. The number of ketones is 1. The van der Waals surface area contributed by atoms with Crippen molar-refractivity contribution < 1.29 is 14.3 Å². The van der Waals surface area contributed by atoms with E-state index in [4.69, 9.17) is 15.2 Å². The van der Waals surface area contributed by atoms with Crippen LogP contribution < -0.4 is 5.73 Å². The third kappa shape index (κ3) is 7.65. The molecule has 0 amide bonds. The van der Waals surface area contributed by atoms with E-state index in [1.165, 1.54) is 25.7 Å². The number of carbonyl (C=O) groups is 1. The number of ether oxygens (including phenoxy) is 2. The maximum Gasteiger partial charge on any atom is 0.135 e. The van der Waals surface area contributed by atoms with Crippen LogP contribution in [0.4, 0.5) is 0 Å². The minimum Gasteiger partial charge on any atom is -0.382 e. The summed E-state index contributed by atoms with van der Waals surface area (Å²) in [5.41, 5.74) is 5.73. The molecule has 1 rings (SSSR count). The zero-order valence-corrected chi connectivity index (χ0v) is 12.2. The Morgan fingerprint density at radius 2 is 1.95 bits per heavy atom. The Hall–Kier alpha value is -0.450. The van der Waals surface area contributed by atoms with E-state index < -0.39 is 0 Å². The molecule has 19 heavy (non-hydrogen) atoms. The topological polar surface area (TPSA) is 61.5 Å². The minimum atomic E-state index is 0.326. The molecule has 2 unspecified atom stereocenters. The maximum atomic E-state index is 11.7. The third-order valence-electron chi connectivity index (χ3n) is 4.01. The molecule has 0 saturated heterocycles. The Bertz CT molecular complexity index is 246. The average molecular weight is 271 g/mol. The van der Waals surface area contributed by atoms with Crippen molar-refractivity contribution in [2.24, 2.45) is 17.6 Å². The van der Waals surface area contributed by atoms with E-state index in [0.717, 1.165) is 13.0 Å². The van der Waals surface area contributed by atoms with Gasteiger partial charge in [0.1, 0.15) is 5.78 Å². The zero-order valence-electron chi connectivity index (χ0n) is 12.2. The smallest absolute Gasteiger partial charge is 0.135 e. The summed E-state index contributed by atoms with van der Waals surface area (Å²) >= 11 is 0. The lowest BCUT2D eigenvalue weighted by Gasteiger charge is -2.28. The SMILES string of the molecule is COCCOCCC(=O)CCC1CCCC(CN)C1. The summed E-state index contributed by atoms with van der Waals surface area (Å²) in [5.74, 6) is 1.72. The maximum absolute atomic E-state index is 11.7. The quantitative estimate of drug-likeness (QED) is 0.618. The first-order chi connectivity index (χ1) is 9.26. The molecule has 0 spiro atoms. The second-order valence-corrected chi connectivity index (χ2v) is 5.57. The number of rotatable bonds is 10. The van der Waals surface area contributed by atoms with Gasteiger partial charge in [-0.1, -0.05) is 12.8 Å². The van der Waals surface area contributed by atoms with Crippen LogP contribution >= 0.6 is 0 Å². The lowest BCUT2D eigenvalue weighted by atomic mass is 9.79. The number of hydrogen-bond donors (Lipinski definition) is 1. The molecule has 0 aromatic heterocycles. The molecule has 1 aliphatic carbocycles. The molecule has 1 aliphatic rings. The second kappa shape index (κ2) is 10.4. The molecular formula is C15H29NO3. The number of carbonyl (C=O) groups excluding carboxylic acids is 1. The Morgan fingerprint density at radius 1 is 1.16 bits per heavy atom. The summed E-state index contributed by atoms with van der Waals surface area (Å²) in [5, 5.41) is 0. The summed E-state index contributed by atoms with van der Waals surface area (Å²) < 4.78 is 10.2. The molecule has 2 atom stereocenters. The predicted molar refractivity (Wildman–Crippen MR) is 76.1 cm³/mol. The van der Waals surface area contributed by atoms with Crippen molar-refractivity contribution >= 4 is 5.78 Å². The van der Waals surface area contributed by atoms with Crippen LogP contribution in [0.15, 0.2) is 0 Å². The summed E-state index contributed by atoms with van der Waals surface area (Å²) in [6.07, 6.45) is 7.32. The van der Waals surface area contributed by atoms with Gasteiger partial charge in [-0.05, 0) is 37.6 Å². The fourth-order valence-corrected chi connectivity index (χ4v) is 2.80. The molecular weight excluding hydrogens is 242 g/mol. The van der Waals surface area contributed by atoms with Crippen LogP contribution in [0.25, 0.3) is 0 Å². The van der Waals surface area contributed by atoms with Crippen LogP contribution in [0.3, 0.4) is 0 Å². The van der Waals surface area contributed by atoms with E-state index in [1.54, 1.807) is 7.11 Å². The first kappa shape index (κ1) is 16.6. The van der Waals surface area contributed by atoms with Gasteiger partial charge in [0.2, 0.25) is 0 Å². The Morgan fingerprint density at radius 3 is 2.68 bits per heavy atom. The van der Waals surface area contributed by atoms with Gasteiger partial charge < -0.3 is 15.2 Å². The fraction of sp³-hybridized carbons (Fsp3) is 0.933. The lowest BCUT2D eigenvalue weighted by Crippen LogP contribution is -2.23. The van der Waals surface area contributed by atoms with E-state index in [0.29, 0.717) is 50.3 Å². The van der Waals surface area contributed by atoms with Crippen LogP contribution in [0, 0.1) is 11.8 Å². The van der Waals surface area contributed by atoms with Gasteiger partial charge in [-0.25, -0.2) is 0 Å². The number of hydrogen-bond acceptors (Lipinski definition) is 4. The van der Waals surface area contributed by atoms with Crippen molar-refractivity contribution in [2.45, 2.75) is 44.9 Å². The first-order valence-corrected chi connectivity index (χ1v) is 7.54. The van der Waals surface area contributed by atoms with E-state index in [1.807, 2.05) is 0 Å². The highest BCUT2D eigenvalue weighted by molar-refractivity contribution is 5.78. The monoisotopic (exact) mass is 271 g/mol. The van der Waals surface area contributed by atoms with Gasteiger partial charge in [-0.15, -0.1) is 0 Å². The Labute approximate surface area is 117 Å². The average Bonchev–Trinajstić information content (AvgIpc) is 2.45. The molecule has 2 N–H and O–H groups in total. The van der Waals surface area contributed by atoms with Gasteiger partial charge in [0.05, 0.1) is 19.8 Å². The van der Waals surface area contributed by atoms with Gasteiger partial charge in [-0.3, -0.25) is 4.79 Å². The van der Waals surface area contributed by atoms with Crippen LogP contribution in [0.5, 0.6) is 0 Å². The highest BCUT2D eigenvalue weighted by atomic mass is 16.5. The van der Waals surface area contributed by atoms with E-state index in [9.17, 15) is 4.79 Å². The molecule has 0 radical (unpaired) electrons. The molecule has 4 heteroatoms. The predicted octanol–water partition coefficient (Wildman–Crippen LogP) is 2.15. The molecule has 4 nitrogen and oxygen atoms in total. The highest BCUT2D eigenvalue weighted by Crippen LogP contribution is 2.31. The van der Waals surface area contributed by atoms with Gasteiger partial charge >= 0.3 is 0 Å². The van der Waals surface area contributed by atoms with Gasteiger partial charge in [-0.2, -0.15) is 0 Å². The van der Waals surface area contributed by atoms with Gasteiger partial charge in [0.15, 0.2) is 0 Å². The van der Waals surface area contributed by atoms with E-state index in [2.05, 4.69) is 0 Å². The van der Waals surface area contributed by atoms with E-state index in [-0.39, 0.29) is 0 Å². The van der Waals surface area contributed by atoms with Crippen molar-refractivity contribution in [2.75, 3.05) is 33.5 Å². The number of Topliss-reactive ketones (excluding diaryl/α,β-unsaturated/α-hetero) is 1. The normalized spacial score (nSPS) is 23.5. The standard InChI is InChI=1S/C15H29NO3/c1-18-9-10-19-8-7-15(17)6-5-13-3-2-4-14(11-13)12-16/h13-14H,2-12,16H2,1H3. The molecule has 0 aromatic carbocycles. The van der Waals surface area contributed by atoms with Crippen molar-refractivity contribution in [3.8, 4) is 0 Å². The minimum absolute atomic E-state index is 0.326. The van der Waals surface area contributed by atoms with Crippen LogP contribution in [0.2, 0.25) is 0 Å². The lowest BCUT2D eigenvalue weighted by molar-refractivity contribution is -0.120. The van der Waals surface area contributed by atoms with Crippen molar-refractivity contribution in [3.63, 3.8) is 0 Å². The second-order valence-electron chi connectivity index (χ2n) is 5.57. The van der Waals surface area contributed by atoms with Gasteiger partial charge in [0.25, 0.3) is 0 Å². The zero-order chi connectivity index (χ0) is 13.9. The van der Waals surface area contributed by atoms with Crippen molar-refractivity contribution in [3.05, 3.63) is 0 Å². The fourth-order valence-electron chi connectivity index (χ4n) is 2.80. The molecule has 1 saturated carbocycles. The van der Waals surface area contributed by atoms with Crippen LogP contribution in [0.1, 0.15) is 44.9 Å². The number of methoxy groups -OCH3 is 1. The Balaban J connectivity index is 2.02. The van der Waals surface area contributed by atoms with E-state index >= 15 is 0 Å². The molecule has 0 aromatic rings. The third-order valence-corrected chi connectivity index (χ3v) is 4.01. The first-order valence-electron chi connectivity index (χ1n) is 7.54. The molecule has 112 valence electrons. The van der Waals surface area contributed by atoms with Crippen molar-refractivity contribution in [1.82, 2.24) is 0 Å². The number of nitrogens with two attached hydrogens (primary N) is 1. The highest BCUT2D eigenvalue weighted by Gasteiger charge is 2.21. The largest absolute Gasteiger partial charge is 0.382 e. The van der Waals surface area contributed by atoms with Crippen LogP contribution in [-0.4, -0.2) is 39.3 Å². The molecule has 0 heterocycles.